The molecule has 0 saturated carbocycles. The molecule has 134 valence electrons. The average Bonchev–Trinajstić information content (AvgIpc) is 2.60. The highest BCUT2D eigenvalue weighted by molar-refractivity contribution is 7.84. The zero-order chi connectivity index (χ0) is 18.8. The van der Waals surface area contributed by atoms with Gasteiger partial charge in [0.25, 0.3) is 11.5 Å². The van der Waals surface area contributed by atoms with Gasteiger partial charge in [0.05, 0.1) is 16.3 Å². The molecule has 0 aliphatic heterocycles. The summed E-state index contributed by atoms with van der Waals surface area (Å²) >= 11 is 0. The van der Waals surface area contributed by atoms with E-state index in [-0.39, 0.29) is 17.0 Å². The molecule has 0 spiro atoms. The van der Waals surface area contributed by atoms with Gasteiger partial charge >= 0.3 is 0 Å². The molecule has 0 saturated heterocycles. The maximum absolute atomic E-state index is 13.3. The van der Waals surface area contributed by atoms with E-state index in [4.69, 9.17) is 0 Å². The van der Waals surface area contributed by atoms with Gasteiger partial charge in [-0.15, -0.1) is 0 Å². The Morgan fingerprint density at radius 1 is 1.38 bits per heavy atom. The largest absolute Gasteiger partial charge is 0.505 e. The number of aromatic amines is 1. The van der Waals surface area contributed by atoms with E-state index in [0.29, 0.717) is 11.1 Å². The van der Waals surface area contributed by atoms with Crippen LogP contribution < -0.4 is 10.9 Å². The van der Waals surface area contributed by atoms with Crippen molar-refractivity contribution in [2.75, 3.05) is 6.26 Å². The van der Waals surface area contributed by atoms with Gasteiger partial charge in [0.15, 0.2) is 5.75 Å². The van der Waals surface area contributed by atoms with Crippen LogP contribution in [-0.2, 0) is 17.3 Å². The van der Waals surface area contributed by atoms with Gasteiger partial charge in [-0.1, -0.05) is 6.07 Å². The summed E-state index contributed by atoms with van der Waals surface area (Å²) in [5.41, 5.74) is -0.407. The summed E-state index contributed by atoms with van der Waals surface area (Å²) in [6, 6.07) is 6.84. The molecule has 26 heavy (non-hydrogen) atoms. The molecule has 1 unspecified atom stereocenters. The highest BCUT2D eigenvalue weighted by atomic mass is 32.2. The van der Waals surface area contributed by atoms with Gasteiger partial charge in [-0.3, -0.25) is 18.8 Å². The molecule has 0 fully saturated rings. The Labute approximate surface area is 149 Å². The van der Waals surface area contributed by atoms with Gasteiger partial charge in [-0.25, -0.2) is 4.39 Å². The zero-order valence-electron chi connectivity index (χ0n) is 13.6. The Morgan fingerprint density at radius 2 is 2.15 bits per heavy atom. The van der Waals surface area contributed by atoms with Crippen molar-refractivity contribution in [3.8, 4) is 5.75 Å². The number of nitrogens with one attached hydrogen (secondary N) is 2. The first-order chi connectivity index (χ1) is 12.4. The lowest BCUT2D eigenvalue weighted by Crippen LogP contribution is -2.29. The van der Waals surface area contributed by atoms with E-state index in [1.165, 1.54) is 24.6 Å². The summed E-state index contributed by atoms with van der Waals surface area (Å²) in [7, 11) is -1.46. The van der Waals surface area contributed by atoms with Crippen LogP contribution in [0.15, 0.2) is 46.2 Å². The summed E-state index contributed by atoms with van der Waals surface area (Å²) in [6.07, 6.45) is 2.81. The highest BCUT2D eigenvalue weighted by Crippen LogP contribution is 2.22. The van der Waals surface area contributed by atoms with E-state index in [0.717, 1.165) is 6.07 Å². The number of carbonyl (C=O) groups is 1. The van der Waals surface area contributed by atoms with Gasteiger partial charge in [0.1, 0.15) is 16.9 Å². The first kappa shape index (κ1) is 17.7. The molecular weight excluding hydrogens is 361 g/mol. The van der Waals surface area contributed by atoms with E-state index in [2.05, 4.69) is 15.3 Å². The fourth-order valence-electron chi connectivity index (χ4n) is 2.52. The third kappa shape index (κ3) is 3.33. The van der Waals surface area contributed by atoms with Gasteiger partial charge in [0, 0.05) is 23.9 Å². The standard InChI is InChI=1S/C17H14FN3O4S/c1-26(25)12-7-10(18)5-4-9(12)8-20-16(23)13-15(22)14-11(21-17(13)24)3-2-6-19-14/h2-7H,8H2,1H3,(H,20,23)(H2,21,22,24). The highest BCUT2D eigenvalue weighted by Gasteiger charge is 2.20. The number of nitrogens with zero attached hydrogens (tertiary/aromatic N) is 1. The number of rotatable bonds is 4. The second-order valence-electron chi connectivity index (χ2n) is 5.47. The number of benzene rings is 1. The van der Waals surface area contributed by atoms with Gasteiger partial charge in [0.2, 0.25) is 0 Å². The number of H-pyrrole nitrogens is 1. The quantitative estimate of drug-likeness (QED) is 0.639. The van der Waals surface area contributed by atoms with Crippen LogP contribution in [0.3, 0.4) is 0 Å². The first-order valence-corrected chi connectivity index (χ1v) is 9.04. The van der Waals surface area contributed by atoms with Crippen molar-refractivity contribution in [3.05, 3.63) is 63.8 Å². The number of aromatic nitrogens is 2. The number of pyridine rings is 2. The third-order valence-corrected chi connectivity index (χ3v) is 4.75. The predicted octanol–water partition coefficient (Wildman–Crippen LogP) is 1.44. The molecule has 0 bridgehead atoms. The molecule has 9 heteroatoms. The summed E-state index contributed by atoms with van der Waals surface area (Å²) in [5.74, 6) is -1.89. The van der Waals surface area contributed by atoms with E-state index < -0.39 is 39.4 Å². The van der Waals surface area contributed by atoms with Gasteiger partial charge in [-0.05, 0) is 29.8 Å². The molecule has 0 radical (unpaired) electrons. The Bertz CT molecular complexity index is 1100. The SMILES string of the molecule is CS(=O)c1cc(F)ccc1CNC(=O)c1c(O)c2ncccc2[nH]c1=O. The lowest BCUT2D eigenvalue weighted by molar-refractivity contribution is 0.0946. The molecule has 1 aromatic carbocycles. The second-order valence-corrected chi connectivity index (χ2v) is 6.81. The molecule has 1 amide bonds. The monoisotopic (exact) mass is 375 g/mol. The van der Waals surface area contributed by atoms with Crippen molar-refractivity contribution < 1.29 is 18.5 Å². The number of hydrogen-bond acceptors (Lipinski definition) is 5. The minimum atomic E-state index is -1.46. The fraction of sp³-hybridized carbons (Fsp3) is 0.118. The number of carbonyl (C=O) groups excluding carboxylic acids is 1. The van der Waals surface area contributed by atoms with Crippen molar-refractivity contribution in [2.24, 2.45) is 0 Å². The molecule has 3 aromatic rings. The van der Waals surface area contributed by atoms with Crippen LogP contribution in [0.5, 0.6) is 5.75 Å². The van der Waals surface area contributed by atoms with Crippen molar-refractivity contribution in [1.82, 2.24) is 15.3 Å². The van der Waals surface area contributed by atoms with Crippen LogP contribution in [0.2, 0.25) is 0 Å². The van der Waals surface area contributed by atoms with Gasteiger partial charge in [-0.2, -0.15) is 0 Å². The molecule has 2 aromatic heterocycles. The fourth-order valence-corrected chi connectivity index (χ4v) is 3.31. The minimum Gasteiger partial charge on any atom is -0.505 e. The summed E-state index contributed by atoms with van der Waals surface area (Å²) in [6.45, 7) is -0.0901. The lowest BCUT2D eigenvalue weighted by Gasteiger charge is -2.10. The van der Waals surface area contributed by atoms with Crippen LogP contribution in [0.4, 0.5) is 4.39 Å². The van der Waals surface area contributed by atoms with E-state index in [9.17, 15) is 23.3 Å². The van der Waals surface area contributed by atoms with Crippen LogP contribution >= 0.6 is 0 Å². The normalized spacial score (nSPS) is 12.1. The number of fused-ring (bicyclic) bond motifs is 1. The van der Waals surface area contributed by atoms with Crippen LogP contribution in [0.1, 0.15) is 15.9 Å². The Balaban J connectivity index is 1.92. The van der Waals surface area contributed by atoms with E-state index >= 15 is 0 Å². The number of hydrogen-bond donors (Lipinski definition) is 3. The van der Waals surface area contributed by atoms with Crippen LogP contribution in [0, 0.1) is 5.82 Å². The van der Waals surface area contributed by atoms with Crippen molar-refractivity contribution in [2.45, 2.75) is 11.4 Å². The van der Waals surface area contributed by atoms with Crippen molar-refractivity contribution in [1.29, 1.82) is 0 Å². The molecule has 2 heterocycles. The van der Waals surface area contributed by atoms with Crippen LogP contribution in [0.25, 0.3) is 11.0 Å². The summed E-state index contributed by atoms with van der Waals surface area (Å²) in [4.78, 5) is 31.2. The smallest absolute Gasteiger partial charge is 0.265 e. The summed E-state index contributed by atoms with van der Waals surface area (Å²) < 4.78 is 25.0. The Morgan fingerprint density at radius 3 is 2.88 bits per heavy atom. The van der Waals surface area contributed by atoms with E-state index in [1.54, 1.807) is 12.1 Å². The molecule has 3 rings (SSSR count). The maximum Gasteiger partial charge on any atom is 0.265 e. The van der Waals surface area contributed by atoms with E-state index in [1.807, 2.05) is 0 Å². The summed E-state index contributed by atoms with van der Waals surface area (Å²) in [5, 5.41) is 12.7. The third-order valence-electron chi connectivity index (χ3n) is 3.75. The lowest BCUT2D eigenvalue weighted by atomic mass is 10.1. The van der Waals surface area contributed by atoms with Crippen molar-refractivity contribution >= 4 is 27.7 Å². The molecule has 3 N–H and O–H groups in total. The number of halogens is 1. The number of aromatic hydroxyl groups is 1. The topological polar surface area (TPSA) is 112 Å². The van der Waals surface area contributed by atoms with Gasteiger partial charge < -0.3 is 15.4 Å². The molecule has 7 nitrogen and oxygen atoms in total. The number of amides is 1. The Kier molecular flexibility index (Phi) is 4.81. The second kappa shape index (κ2) is 7.04. The first-order valence-electron chi connectivity index (χ1n) is 7.48. The zero-order valence-corrected chi connectivity index (χ0v) is 14.4. The van der Waals surface area contributed by atoms with Crippen molar-refractivity contribution in [3.63, 3.8) is 0 Å². The Hall–Kier alpha value is -3.07. The molecular formula is C17H14FN3O4S. The minimum absolute atomic E-state index is 0.0901. The maximum atomic E-state index is 13.3. The molecule has 1 atom stereocenters. The molecule has 0 aliphatic rings. The molecule has 0 aliphatic carbocycles. The van der Waals surface area contributed by atoms with Crippen LogP contribution in [-0.4, -0.2) is 31.4 Å². The average molecular weight is 375 g/mol. The predicted molar refractivity (Wildman–Crippen MR) is 93.9 cm³/mol.